The molecule has 0 saturated carbocycles. The summed E-state index contributed by atoms with van der Waals surface area (Å²) in [4.78, 5) is 24.7. The molecule has 0 saturated heterocycles. The number of aromatic amines is 1. The highest BCUT2D eigenvalue weighted by molar-refractivity contribution is 5.88. The van der Waals surface area contributed by atoms with Crippen LogP contribution in [0.5, 0.6) is 0 Å². The third kappa shape index (κ3) is 4.30. The molecule has 5 heteroatoms. The van der Waals surface area contributed by atoms with Gasteiger partial charge in [-0.25, -0.2) is 5.10 Å². The molecule has 1 heterocycles. The maximum absolute atomic E-state index is 12.8. The predicted octanol–water partition coefficient (Wildman–Crippen LogP) is 4.10. The minimum absolute atomic E-state index is 0.0808. The van der Waals surface area contributed by atoms with Crippen molar-refractivity contribution < 1.29 is 4.79 Å². The summed E-state index contributed by atoms with van der Waals surface area (Å²) in [5, 5.41) is 11.0. The lowest BCUT2D eigenvalue weighted by molar-refractivity contribution is -0.121. The van der Waals surface area contributed by atoms with E-state index in [0.29, 0.717) is 22.4 Å². The largest absolute Gasteiger partial charge is 0.349 e. The first-order valence-electron chi connectivity index (χ1n) is 9.72. The van der Waals surface area contributed by atoms with E-state index in [2.05, 4.69) is 67.5 Å². The number of nitrogens with zero attached hydrogens (tertiary/aromatic N) is 1. The highest BCUT2D eigenvalue weighted by Crippen LogP contribution is 2.24. The van der Waals surface area contributed by atoms with Gasteiger partial charge in [0, 0.05) is 5.39 Å². The molecule has 2 aromatic carbocycles. The van der Waals surface area contributed by atoms with Gasteiger partial charge in [0.2, 0.25) is 5.91 Å². The second kappa shape index (κ2) is 8.38. The summed E-state index contributed by atoms with van der Waals surface area (Å²) in [6.45, 7) is 8.51. The first kappa shape index (κ1) is 19.8. The van der Waals surface area contributed by atoms with E-state index in [9.17, 15) is 9.59 Å². The normalized spacial score (nSPS) is 12.5. The van der Waals surface area contributed by atoms with E-state index in [4.69, 9.17) is 0 Å². The van der Waals surface area contributed by atoms with Crippen LogP contribution in [-0.2, 0) is 11.2 Å². The van der Waals surface area contributed by atoms with Gasteiger partial charge in [0.15, 0.2) is 0 Å². The number of hydrogen-bond acceptors (Lipinski definition) is 3. The molecule has 3 aromatic rings. The summed E-state index contributed by atoms with van der Waals surface area (Å²) in [5.74, 6) is 0.603. The average molecular weight is 377 g/mol. The summed E-state index contributed by atoms with van der Waals surface area (Å²) in [6.07, 6.45) is 0.116. The lowest BCUT2D eigenvalue weighted by Gasteiger charge is -2.23. The Balaban J connectivity index is 1.80. The van der Waals surface area contributed by atoms with Crippen molar-refractivity contribution in [2.45, 2.75) is 46.1 Å². The van der Waals surface area contributed by atoms with Crippen molar-refractivity contribution in [3.8, 4) is 0 Å². The number of hydrogen-bond donors (Lipinski definition) is 2. The first-order valence-corrected chi connectivity index (χ1v) is 9.72. The Hall–Kier alpha value is -2.95. The SMILES string of the molecule is CC(C)c1ccc(C(NC(=O)Cc2n[nH]c(=O)c3ccccc23)C(C)C)cc1. The third-order valence-electron chi connectivity index (χ3n) is 5.05. The number of H-pyrrole nitrogens is 1. The fourth-order valence-electron chi connectivity index (χ4n) is 3.41. The predicted molar refractivity (Wildman–Crippen MR) is 112 cm³/mol. The maximum Gasteiger partial charge on any atom is 0.272 e. The fourth-order valence-corrected chi connectivity index (χ4v) is 3.41. The molecule has 3 rings (SSSR count). The van der Waals surface area contributed by atoms with Crippen LogP contribution in [0, 0.1) is 5.92 Å². The monoisotopic (exact) mass is 377 g/mol. The molecule has 28 heavy (non-hydrogen) atoms. The lowest BCUT2D eigenvalue weighted by atomic mass is 9.93. The third-order valence-corrected chi connectivity index (χ3v) is 5.05. The van der Waals surface area contributed by atoms with Crippen molar-refractivity contribution in [1.29, 1.82) is 0 Å². The minimum atomic E-state index is -0.245. The Morgan fingerprint density at radius 3 is 2.18 bits per heavy atom. The van der Waals surface area contributed by atoms with Crippen LogP contribution in [-0.4, -0.2) is 16.1 Å². The van der Waals surface area contributed by atoms with Gasteiger partial charge >= 0.3 is 0 Å². The summed E-state index contributed by atoms with van der Waals surface area (Å²) < 4.78 is 0. The zero-order valence-electron chi connectivity index (χ0n) is 16.8. The Morgan fingerprint density at radius 1 is 0.964 bits per heavy atom. The van der Waals surface area contributed by atoms with E-state index in [1.165, 1.54) is 5.56 Å². The van der Waals surface area contributed by atoms with E-state index < -0.39 is 0 Å². The Morgan fingerprint density at radius 2 is 1.57 bits per heavy atom. The highest BCUT2D eigenvalue weighted by atomic mass is 16.1. The number of carbonyl (C=O) groups is 1. The van der Waals surface area contributed by atoms with Gasteiger partial charge in [0.25, 0.3) is 5.56 Å². The smallest absolute Gasteiger partial charge is 0.272 e. The molecule has 0 bridgehead atoms. The van der Waals surface area contributed by atoms with E-state index in [0.717, 1.165) is 5.56 Å². The van der Waals surface area contributed by atoms with Gasteiger partial charge < -0.3 is 5.32 Å². The van der Waals surface area contributed by atoms with Gasteiger partial charge in [0.1, 0.15) is 0 Å². The van der Waals surface area contributed by atoms with Crippen molar-refractivity contribution in [1.82, 2.24) is 15.5 Å². The van der Waals surface area contributed by atoms with Crippen LogP contribution in [0.1, 0.15) is 56.5 Å². The van der Waals surface area contributed by atoms with Crippen LogP contribution in [0.2, 0.25) is 0 Å². The van der Waals surface area contributed by atoms with Gasteiger partial charge in [-0.2, -0.15) is 5.10 Å². The molecule has 0 radical (unpaired) electrons. The van der Waals surface area contributed by atoms with Gasteiger partial charge in [-0.05, 0) is 29.0 Å². The molecule has 1 amide bonds. The number of nitrogens with one attached hydrogen (secondary N) is 2. The highest BCUT2D eigenvalue weighted by Gasteiger charge is 2.20. The molecule has 0 aliphatic heterocycles. The average Bonchev–Trinajstić information content (AvgIpc) is 2.68. The van der Waals surface area contributed by atoms with Crippen LogP contribution in [0.25, 0.3) is 10.8 Å². The summed E-state index contributed by atoms with van der Waals surface area (Å²) >= 11 is 0. The molecule has 1 unspecified atom stereocenters. The topological polar surface area (TPSA) is 74.8 Å². The minimum Gasteiger partial charge on any atom is -0.349 e. The zero-order chi connectivity index (χ0) is 20.3. The Labute approximate surface area is 165 Å². The quantitative estimate of drug-likeness (QED) is 0.679. The molecule has 1 atom stereocenters. The Kier molecular flexibility index (Phi) is 5.93. The van der Waals surface area contributed by atoms with Gasteiger partial charge in [-0.1, -0.05) is 70.2 Å². The standard InChI is InChI=1S/C23H27N3O2/c1-14(2)16-9-11-17(12-10-16)22(15(3)4)24-21(27)13-20-18-7-5-6-8-19(18)23(28)26-25-20/h5-12,14-15,22H,13H2,1-4H3,(H,24,27)(H,26,28). The molecule has 0 aliphatic rings. The number of carbonyl (C=O) groups excluding carboxylic acids is 1. The zero-order valence-corrected chi connectivity index (χ0v) is 16.8. The first-order chi connectivity index (χ1) is 13.4. The van der Waals surface area contributed by atoms with Crippen molar-refractivity contribution >= 4 is 16.7 Å². The van der Waals surface area contributed by atoms with Crippen molar-refractivity contribution in [3.63, 3.8) is 0 Å². The number of rotatable bonds is 6. The number of benzene rings is 2. The Bertz CT molecular complexity index is 1020. The van der Waals surface area contributed by atoms with E-state index in [1.54, 1.807) is 12.1 Å². The molecule has 146 valence electrons. The van der Waals surface area contributed by atoms with E-state index in [-0.39, 0.29) is 29.8 Å². The van der Waals surface area contributed by atoms with E-state index in [1.807, 2.05) is 12.1 Å². The second-order valence-electron chi connectivity index (χ2n) is 7.83. The molecule has 5 nitrogen and oxygen atoms in total. The van der Waals surface area contributed by atoms with Crippen molar-refractivity contribution in [3.05, 3.63) is 75.7 Å². The van der Waals surface area contributed by atoms with E-state index >= 15 is 0 Å². The maximum atomic E-state index is 12.8. The molecule has 1 aromatic heterocycles. The van der Waals surface area contributed by atoms with Crippen molar-refractivity contribution in [2.24, 2.45) is 5.92 Å². The summed E-state index contributed by atoms with van der Waals surface area (Å²) in [6, 6.07) is 15.6. The van der Waals surface area contributed by atoms with Gasteiger partial charge in [-0.15, -0.1) is 0 Å². The number of fused-ring (bicyclic) bond motifs is 1. The van der Waals surface area contributed by atoms with Crippen LogP contribution >= 0.6 is 0 Å². The second-order valence-corrected chi connectivity index (χ2v) is 7.83. The van der Waals surface area contributed by atoms with Crippen LogP contribution < -0.4 is 10.9 Å². The number of amides is 1. The summed E-state index contributed by atoms with van der Waals surface area (Å²) in [5.41, 5.74) is 2.70. The number of aromatic nitrogens is 2. The molecular weight excluding hydrogens is 350 g/mol. The van der Waals surface area contributed by atoms with Gasteiger partial charge in [0.05, 0.1) is 23.5 Å². The van der Waals surface area contributed by atoms with Crippen LogP contribution in [0.4, 0.5) is 0 Å². The van der Waals surface area contributed by atoms with Crippen molar-refractivity contribution in [2.75, 3.05) is 0 Å². The molecular formula is C23H27N3O2. The summed E-state index contributed by atoms with van der Waals surface area (Å²) in [7, 11) is 0. The molecule has 0 spiro atoms. The fraction of sp³-hybridized carbons (Fsp3) is 0.348. The molecule has 0 fully saturated rings. The van der Waals surface area contributed by atoms with Gasteiger partial charge in [-0.3, -0.25) is 9.59 Å². The molecule has 2 N–H and O–H groups in total. The van der Waals surface area contributed by atoms with Crippen LogP contribution in [0.15, 0.2) is 53.3 Å². The lowest BCUT2D eigenvalue weighted by Crippen LogP contribution is -2.33. The van der Waals surface area contributed by atoms with Crippen LogP contribution in [0.3, 0.4) is 0 Å². The molecule has 0 aliphatic carbocycles.